The van der Waals surface area contributed by atoms with Crippen LogP contribution in [0, 0.1) is 0 Å². The van der Waals surface area contributed by atoms with E-state index in [9.17, 15) is 13.2 Å². The Balaban J connectivity index is 2.56. The lowest BCUT2D eigenvalue weighted by Gasteiger charge is -2.19. The van der Waals surface area contributed by atoms with Crippen molar-refractivity contribution in [2.45, 2.75) is 18.5 Å². The molecular weight excluding hydrogens is 241 g/mol. The Morgan fingerprint density at radius 1 is 1.38 bits per heavy atom. The topological polar surface area (TPSA) is 16.1 Å². The molecule has 0 aliphatic rings. The third-order valence-corrected chi connectivity index (χ3v) is 2.39. The monoisotopic (exact) mass is 252 g/mol. The highest BCUT2D eigenvalue weighted by Gasteiger charge is 2.27. The lowest BCUT2D eigenvalue weighted by Crippen LogP contribution is -2.24. The summed E-state index contributed by atoms with van der Waals surface area (Å²) in [5.41, 5.74) is 0.842. The molecule has 0 aliphatic heterocycles. The van der Waals surface area contributed by atoms with Crippen LogP contribution in [0.2, 0.25) is 0 Å². The van der Waals surface area contributed by atoms with Crippen LogP contribution in [0.15, 0.2) is 18.3 Å². The second-order valence-corrected chi connectivity index (χ2v) is 3.71. The van der Waals surface area contributed by atoms with Crippen LogP contribution in [0.5, 0.6) is 0 Å². The molecule has 1 rings (SSSR count). The molecule has 0 amide bonds. The van der Waals surface area contributed by atoms with Gasteiger partial charge >= 0.3 is 6.18 Å². The number of anilines is 1. The van der Waals surface area contributed by atoms with Crippen molar-refractivity contribution >= 4 is 17.4 Å². The number of pyridine rings is 1. The van der Waals surface area contributed by atoms with E-state index in [1.165, 1.54) is 4.90 Å². The van der Waals surface area contributed by atoms with Gasteiger partial charge in [0.2, 0.25) is 0 Å². The van der Waals surface area contributed by atoms with Gasteiger partial charge in [-0.25, -0.2) is 4.98 Å². The summed E-state index contributed by atoms with van der Waals surface area (Å²) in [5.74, 6) is 0.859. The van der Waals surface area contributed by atoms with Crippen molar-refractivity contribution < 1.29 is 13.2 Å². The molecule has 1 heterocycles. The predicted octanol–water partition coefficient (Wildman–Crippen LogP) is 3.21. The normalized spacial score (nSPS) is 11.6. The van der Waals surface area contributed by atoms with Gasteiger partial charge in [0.25, 0.3) is 0 Å². The Labute approximate surface area is 97.0 Å². The van der Waals surface area contributed by atoms with Crippen LogP contribution in [0.1, 0.15) is 12.0 Å². The van der Waals surface area contributed by atoms with Gasteiger partial charge in [0, 0.05) is 25.7 Å². The van der Waals surface area contributed by atoms with Crippen LogP contribution >= 0.6 is 11.6 Å². The van der Waals surface area contributed by atoms with Gasteiger partial charge in [-0.15, -0.1) is 11.6 Å². The average molecular weight is 253 g/mol. The first-order chi connectivity index (χ1) is 7.42. The number of hydrogen-bond donors (Lipinski definition) is 0. The zero-order valence-electron chi connectivity index (χ0n) is 8.76. The van der Waals surface area contributed by atoms with E-state index in [1.807, 2.05) is 0 Å². The largest absolute Gasteiger partial charge is 0.390 e. The lowest BCUT2D eigenvalue weighted by atomic mass is 10.3. The molecule has 0 bridgehead atoms. The molecule has 0 unspecified atom stereocenters. The van der Waals surface area contributed by atoms with Gasteiger partial charge in [0.05, 0.1) is 6.42 Å². The van der Waals surface area contributed by atoms with Gasteiger partial charge in [-0.05, 0) is 11.6 Å². The molecule has 16 heavy (non-hydrogen) atoms. The van der Waals surface area contributed by atoms with E-state index >= 15 is 0 Å². The zero-order valence-corrected chi connectivity index (χ0v) is 9.52. The SMILES string of the molecule is CN(CCC(F)(F)F)c1ccc(CCl)cn1. The van der Waals surface area contributed by atoms with Crippen molar-refractivity contribution in [1.29, 1.82) is 0 Å². The maximum Gasteiger partial charge on any atom is 0.390 e. The van der Waals surface area contributed by atoms with Crippen LogP contribution in [-0.2, 0) is 5.88 Å². The molecule has 0 saturated heterocycles. The van der Waals surface area contributed by atoms with E-state index in [0.29, 0.717) is 11.7 Å². The maximum atomic E-state index is 12.0. The van der Waals surface area contributed by atoms with Gasteiger partial charge in [0.1, 0.15) is 5.82 Å². The summed E-state index contributed by atoms with van der Waals surface area (Å²) < 4.78 is 36.0. The van der Waals surface area contributed by atoms with Crippen molar-refractivity contribution in [1.82, 2.24) is 4.98 Å². The molecule has 2 nitrogen and oxygen atoms in total. The van der Waals surface area contributed by atoms with Crippen LogP contribution < -0.4 is 4.90 Å². The molecular formula is C10H12ClF3N2. The summed E-state index contributed by atoms with van der Waals surface area (Å²) in [4.78, 5) is 5.49. The second kappa shape index (κ2) is 5.39. The molecule has 1 aromatic rings. The van der Waals surface area contributed by atoms with Crippen molar-refractivity contribution in [2.75, 3.05) is 18.5 Å². The number of hydrogen-bond acceptors (Lipinski definition) is 2. The summed E-state index contributed by atoms with van der Waals surface area (Å²) in [6.45, 7) is -0.100. The lowest BCUT2D eigenvalue weighted by molar-refractivity contribution is -0.132. The highest BCUT2D eigenvalue weighted by molar-refractivity contribution is 6.17. The molecule has 0 atom stereocenters. The first kappa shape index (κ1) is 13.1. The molecule has 0 N–H and O–H groups in total. The smallest absolute Gasteiger partial charge is 0.359 e. The van der Waals surface area contributed by atoms with Crippen LogP contribution in [0.3, 0.4) is 0 Å². The van der Waals surface area contributed by atoms with Crippen LogP contribution in [0.4, 0.5) is 19.0 Å². The van der Waals surface area contributed by atoms with Crippen LogP contribution in [0.25, 0.3) is 0 Å². The summed E-state index contributed by atoms with van der Waals surface area (Å²) in [7, 11) is 1.58. The fourth-order valence-corrected chi connectivity index (χ4v) is 1.29. The van der Waals surface area contributed by atoms with E-state index in [0.717, 1.165) is 5.56 Å². The van der Waals surface area contributed by atoms with Gasteiger partial charge < -0.3 is 4.90 Å². The minimum atomic E-state index is -4.13. The predicted molar refractivity (Wildman–Crippen MR) is 57.7 cm³/mol. The van der Waals surface area contributed by atoms with Crippen LogP contribution in [-0.4, -0.2) is 24.8 Å². The van der Waals surface area contributed by atoms with Gasteiger partial charge in [-0.3, -0.25) is 0 Å². The number of halogens is 4. The molecule has 0 aliphatic carbocycles. The minimum Gasteiger partial charge on any atom is -0.359 e. The van der Waals surface area contributed by atoms with E-state index in [2.05, 4.69) is 4.98 Å². The Hall–Kier alpha value is -0.970. The highest BCUT2D eigenvalue weighted by atomic mass is 35.5. The zero-order chi connectivity index (χ0) is 12.2. The van der Waals surface area contributed by atoms with E-state index < -0.39 is 12.6 Å². The van der Waals surface area contributed by atoms with Gasteiger partial charge in [-0.1, -0.05) is 6.07 Å². The maximum absolute atomic E-state index is 12.0. The summed E-state index contributed by atoms with van der Waals surface area (Å²) in [6, 6.07) is 3.41. The Morgan fingerprint density at radius 2 is 2.06 bits per heavy atom. The Morgan fingerprint density at radius 3 is 2.50 bits per heavy atom. The molecule has 0 spiro atoms. The fraction of sp³-hybridized carbons (Fsp3) is 0.500. The average Bonchev–Trinajstić information content (AvgIpc) is 2.25. The Bertz CT molecular complexity index is 324. The minimum absolute atomic E-state index is 0.100. The summed E-state index contributed by atoms with van der Waals surface area (Å²) >= 11 is 5.58. The molecule has 6 heteroatoms. The van der Waals surface area contributed by atoms with E-state index in [4.69, 9.17) is 11.6 Å². The molecule has 0 aromatic carbocycles. The number of alkyl halides is 4. The van der Waals surface area contributed by atoms with E-state index in [-0.39, 0.29) is 6.54 Å². The fourth-order valence-electron chi connectivity index (χ4n) is 1.13. The molecule has 0 saturated carbocycles. The first-order valence-corrected chi connectivity index (χ1v) is 5.24. The van der Waals surface area contributed by atoms with Crippen molar-refractivity contribution in [2.24, 2.45) is 0 Å². The standard InChI is InChI=1S/C10H12ClF3N2/c1-16(5-4-10(12,13)14)9-3-2-8(6-11)7-15-9/h2-3,7H,4-6H2,1H3. The quantitative estimate of drug-likeness (QED) is 0.765. The number of rotatable bonds is 4. The molecule has 90 valence electrons. The van der Waals surface area contributed by atoms with Gasteiger partial charge in [0.15, 0.2) is 0 Å². The van der Waals surface area contributed by atoms with E-state index in [1.54, 1.807) is 25.4 Å². The Kier molecular flexibility index (Phi) is 4.41. The number of nitrogens with zero attached hydrogens (tertiary/aromatic N) is 2. The van der Waals surface area contributed by atoms with Crippen molar-refractivity contribution in [3.63, 3.8) is 0 Å². The number of aromatic nitrogens is 1. The third-order valence-electron chi connectivity index (χ3n) is 2.09. The molecule has 1 aromatic heterocycles. The summed E-state index contributed by atoms with van der Waals surface area (Å²) in [5, 5.41) is 0. The summed E-state index contributed by atoms with van der Waals surface area (Å²) in [6.07, 6.45) is -3.42. The van der Waals surface area contributed by atoms with Gasteiger partial charge in [-0.2, -0.15) is 13.2 Å². The second-order valence-electron chi connectivity index (χ2n) is 3.45. The highest BCUT2D eigenvalue weighted by Crippen LogP contribution is 2.21. The molecule has 0 radical (unpaired) electrons. The first-order valence-electron chi connectivity index (χ1n) is 4.71. The van der Waals surface area contributed by atoms with Crippen molar-refractivity contribution in [3.05, 3.63) is 23.9 Å². The third kappa shape index (κ3) is 4.26. The van der Waals surface area contributed by atoms with Crippen molar-refractivity contribution in [3.8, 4) is 0 Å². The molecule has 0 fully saturated rings.